The summed E-state index contributed by atoms with van der Waals surface area (Å²) in [5.41, 5.74) is -1.10. The first kappa shape index (κ1) is 40.0. The van der Waals surface area contributed by atoms with Gasteiger partial charge in [-0.25, -0.2) is 16.8 Å². The third-order valence-electron chi connectivity index (χ3n) is 2.48. The molecule has 0 aromatic rings. The molecule has 0 radical (unpaired) electrons. The van der Waals surface area contributed by atoms with Crippen LogP contribution in [0, 0.1) is 0 Å². The van der Waals surface area contributed by atoms with Crippen molar-refractivity contribution in [1.29, 1.82) is 0 Å². The second kappa shape index (κ2) is 17.2. The predicted molar refractivity (Wildman–Crippen MR) is 92.0 cm³/mol. The molecule has 0 aliphatic carbocycles. The van der Waals surface area contributed by atoms with Gasteiger partial charge in [-0.3, -0.25) is 9.13 Å². The Balaban J connectivity index is -0.000000106. The maximum absolute atomic E-state index is 10.7. The molecule has 28 heavy (non-hydrogen) atoms. The summed E-state index contributed by atoms with van der Waals surface area (Å²) < 4.78 is 80.1. The molecule has 0 rings (SSSR count). The van der Waals surface area contributed by atoms with Gasteiger partial charge in [0.1, 0.15) is 10.1 Å². The minimum atomic E-state index is -4.46. The maximum atomic E-state index is 10.7. The summed E-state index contributed by atoms with van der Waals surface area (Å²) in [5, 5.41) is -0.863. The summed E-state index contributed by atoms with van der Waals surface area (Å²) in [5.74, 6) is 0.604. The van der Waals surface area contributed by atoms with Crippen LogP contribution in [-0.4, -0.2) is 56.4 Å². The SMILES string of the molecule is C=CP(=O)(O)O.C=CS(=O)(=O)[O-].CCC(CC(C)P(=O)(O)O)S(=O)(=O)[O-].[Na+].[Na+]. The van der Waals surface area contributed by atoms with Crippen molar-refractivity contribution in [2.24, 2.45) is 0 Å². The Morgan fingerprint density at radius 3 is 1.39 bits per heavy atom. The summed E-state index contributed by atoms with van der Waals surface area (Å²) in [7, 11) is -16.8. The van der Waals surface area contributed by atoms with Gasteiger partial charge >= 0.3 is 74.3 Å². The van der Waals surface area contributed by atoms with Crippen molar-refractivity contribution in [3.63, 3.8) is 0 Å². The van der Waals surface area contributed by atoms with Crippen LogP contribution in [0.2, 0.25) is 0 Å². The molecule has 0 amide bonds. The Hall–Kier alpha value is 1.60. The molecule has 0 saturated heterocycles. The molecule has 0 aromatic heterocycles. The summed E-state index contributed by atoms with van der Waals surface area (Å²) in [6.45, 7) is 8.32. The third kappa shape index (κ3) is 29.8. The van der Waals surface area contributed by atoms with Gasteiger partial charge in [0.15, 0.2) is 0 Å². The fraction of sp³-hybridized carbons (Fsp3) is 0.600. The third-order valence-corrected chi connectivity index (χ3v) is 6.07. The van der Waals surface area contributed by atoms with Crippen LogP contribution in [0.5, 0.6) is 0 Å². The molecule has 0 aromatic carbocycles. The van der Waals surface area contributed by atoms with Gasteiger partial charge in [0.2, 0.25) is 0 Å². The smallest absolute Gasteiger partial charge is 0.748 e. The van der Waals surface area contributed by atoms with Crippen molar-refractivity contribution in [3.8, 4) is 0 Å². The summed E-state index contributed by atoms with van der Waals surface area (Å²) in [6, 6.07) is 0. The van der Waals surface area contributed by atoms with Crippen molar-refractivity contribution >= 4 is 35.4 Å². The van der Waals surface area contributed by atoms with Crippen LogP contribution in [0.4, 0.5) is 0 Å². The van der Waals surface area contributed by atoms with Crippen molar-refractivity contribution in [1.82, 2.24) is 0 Å². The molecule has 0 fully saturated rings. The summed E-state index contributed by atoms with van der Waals surface area (Å²) >= 11 is 0. The van der Waals surface area contributed by atoms with Crippen LogP contribution in [0.25, 0.3) is 0 Å². The largest absolute Gasteiger partial charge is 1.00 e. The van der Waals surface area contributed by atoms with Gasteiger partial charge in [-0.15, -0.1) is 0 Å². The Kier molecular flexibility index (Phi) is 24.6. The van der Waals surface area contributed by atoms with E-state index >= 15 is 0 Å². The number of hydrogen-bond donors (Lipinski definition) is 4. The maximum Gasteiger partial charge on any atom is 1.00 e. The van der Waals surface area contributed by atoms with Crippen molar-refractivity contribution in [2.45, 2.75) is 37.6 Å². The zero-order valence-electron chi connectivity index (χ0n) is 15.9. The van der Waals surface area contributed by atoms with E-state index in [1.54, 1.807) is 0 Å². The van der Waals surface area contributed by atoms with Crippen LogP contribution in [0.1, 0.15) is 26.7 Å². The van der Waals surface area contributed by atoms with Crippen molar-refractivity contribution in [3.05, 3.63) is 24.4 Å². The molecule has 2 atom stereocenters. The Morgan fingerprint density at radius 2 is 1.29 bits per heavy atom. The number of rotatable bonds is 7. The van der Waals surface area contributed by atoms with Gasteiger partial charge < -0.3 is 28.7 Å². The zero-order chi connectivity index (χ0) is 22.0. The van der Waals surface area contributed by atoms with E-state index in [1.807, 2.05) is 0 Å². The van der Waals surface area contributed by atoms with Gasteiger partial charge in [0, 0.05) is 11.2 Å². The molecular weight excluding hydrogens is 484 g/mol. The summed E-state index contributed by atoms with van der Waals surface area (Å²) in [6.07, 6.45) is -0.233. The van der Waals surface area contributed by atoms with Crippen molar-refractivity contribution < 1.29 is 114 Å². The Morgan fingerprint density at radius 1 is 1.00 bits per heavy atom. The molecule has 0 saturated carbocycles. The molecule has 2 unspecified atom stereocenters. The van der Waals surface area contributed by atoms with Crippen LogP contribution in [0.15, 0.2) is 24.4 Å². The first-order valence-corrected chi connectivity index (χ1v) is 12.8. The minimum Gasteiger partial charge on any atom is -0.748 e. The standard InChI is InChI=1S/C6H15O6PS.C2H5O3P.C2H4O3S.2Na/c1-3-6(14(10,11)12)4-5(2)13(7,8)9;2*1-2-6(3,4)5;;/h5-6H,3-4H2,1-2H3,(H2,7,8,9)(H,10,11,12);2H,1H2,(H2,3,4,5);2H,1H2,(H,3,4,5);;/q;;;2*+1/p-2. The normalized spacial score (nSPS) is 13.6. The van der Waals surface area contributed by atoms with E-state index in [1.165, 1.54) is 13.8 Å². The zero-order valence-corrected chi connectivity index (χ0v) is 23.3. The van der Waals surface area contributed by atoms with Gasteiger partial charge in [0.25, 0.3) is 0 Å². The van der Waals surface area contributed by atoms with E-state index in [-0.39, 0.29) is 72.0 Å². The molecular formula is C10H22Na2O12P2S2. The van der Waals surface area contributed by atoms with Crippen molar-refractivity contribution in [2.75, 3.05) is 0 Å². The van der Waals surface area contributed by atoms with Crippen LogP contribution < -0.4 is 59.1 Å². The first-order valence-electron chi connectivity index (χ1n) is 6.48. The van der Waals surface area contributed by atoms with Crippen LogP contribution in [-0.2, 0) is 29.4 Å². The van der Waals surface area contributed by atoms with E-state index in [4.69, 9.17) is 19.6 Å². The topological polar surface area (TPSA) is 229 Å². The average molecular weight is 506 g/mol. The Bertz CT molecular complexity index is 729. The van der Waals surface area contributed by atoms with E-state index in [2.05, 4.69) is 13.2 Å². The Labute approximate surface area is 209 Å². The fourth-order valence-electron chi connectivity index (χ4n) is 1.01. The quantitative estimate of drug-likeness (QED) is 0.144. The predicted octanol–water partition coefficient (Wildman–Crippen LogP) is -5.74. The molecule has 18 heteroatoms. The second-order valence-corrected chi connectivity index (χ2v) is 11.2. The molecule has 0 heterocycles. The fourth-order valence-corrected chi connectivity index (χ4v) is 2.61. The molecule has 4 N–H and O–H groups in total. The van der Waals surface area contributed by atoms with Gasteiger partial charge in [-0.05, 0) is 12.8 Å². The molecule has 0 aliphatic heterocycles. The number of hydrogen-bond acceptors (Lipinski definition) is 8. The van der Waals surface area contributed by atoms with E-state index in [0.717, 1.165) is 0 Å². The monoisotopic (exact) mass is 506 g/mol. The second-order valence-electron chi connectivity index (χ2n) is 4.63. The molecule has 12 nitrogen and oxygen atoms in total. The minimum absolute atomic E-state index is 0. The molecule has 0 spiro atoms. The molecule has 0 aliphatic rings. The average Bonchev–Trinajstić information content (AvgIpc) is 2.41. The van der Waals surface area contributed by atoms with Gasteiger partial charge in [-0.1, -0.05) is 27.0 Å². The molecule has 0 bridgehead atoms. The van der Waals surface area contributed by atoms with Gasteiger partial charge in [0.05, 0.1) is 21.0 Å². The van der Waals surface area contributed by atoms with Gasteiger partial charge in [-0.2, -0.15) is 0 Å². The van der Waals surface area contributed by atoms with Crippen LogP contribution >= 0.6 is 15.2 Å². The first-order chi connectivity index (χ1) is 11.2. The van der Waals surface area contributed by atoms with Crippen LogP contribution in [0.3, 0.4) is 0 Å². The molecule has 158 valence electrons. The van der Waals surface area contributed by atoms with E-state index < -0.39 is 46.3 Å². The summed E-state index contributed by atoms with van der Waals surface area (Å²) in [4.78, 5) is 33.1. The van der Waals surface area contributed by atoms with E-state index in [0.29, 0.717) is 11.2 Å². The van der Waals surface area contributed by atoms with E-state index in [9.17, 15) is 35.1 Å².